The Hall–Kier alpha value is -2.55. The van der Waals surface area contributed by atoms with Crippen LogP contribution in [0, 0.1) is 6.92 Å². The molecule has 0 saturated carbocycles. The van der Waals surface area contributed by atoms with Crippen molar-refractivity contribution in [1.82, 2.24) is 9.55 Å². The van der Waals surface area contributed by atoms with Crippen molar-refractivity contribution in [1.29, 1.82) is 0 Å². The highest BCUT2D eigenvalue weighted by atomic mass is 32.2. The molecular formula is C26H25N3O2S3. The van der Waals surface area contributed by atoms with E-state index < -0.39 is 0 Å². The summed E-state index contributed by atoms with van der Waals surface area (Å²) in [5.41, 5.74) is 3.64. The van der Waals surface area contributed by atoms with Gasteiger partial charge in [-0.3, -0.25) is 14.2 Å². The molecule has 0 radical (unpaired) electrons. The van der Waals surface area contributed by atoms with Crippen molar-refractivity contribution in [3.63, 3.8) is 0 Å². The molecule has 174 valence electrons. The summed E-state index contributed by atoms with van der Waals surface area (Å²) in [5.74, 6) is 0.930. The Labute approximate surface area is 211 Å². The van der Waals surface area contributed by atoms with E-state index in [1.165, 1.54) is 16.6 Å². The zero-order chi connectivity index (χ0) is 23.9. The van der Waals surface area contributed by atoms with Gasteiger partial charge < -0.3 is 5.32 Å². The van der Waals surface area contributed by atoms with Crippen LogP contribution in [0.25, 0.3) is 15.9 Å². The molecule has 1 amide bonds. The molecule has 2 aromatic heterocycles. The fraction of sp³-hybridized carbons (Fsp3) is 0.269. The van der Waals surface area contributed by atoms with Crippen LogP contribution >= 0.6 is 34.9 Å². The Morgan fingerprint density at radius 2 is 1.88 bits per heavy atom. The van der Waals surface area contributed by atoms with E-state index in [0.717, 1.165) is 44.9 Å². The number of thioether (sulfide) groups is 2. The Balaban J connectivity index is 1.54. The van der Waals surface area contributed by atoms with E-state index in [9.17, 15) is 9.59 Å². The van der Waals surface area contributed by atoms with Crippen LogP contribution < -0.4 is 10.9 Å². The second-order valence-electron chi connectivity index (χ2n) is 8.93. The van der Waals surface area contributed by atoms with Crippen LogP contribution in [-0.2, 0) is 17.0 Å². The number of nitrogens with zero attached hydrogens (tertiary/aromatic N) is 2. The normalized spacial score (nSPS) is 14.7. The summed E-state index contributed by atoms with van der Waals surface area (Å²) < 4.78 is 1.75. The lowest BCUT2D eigenvalue weighted by Gasteiger charge is -2.28. The summed E-state index contributed by atoms with van der Waals surface area (Å²) in [5, 5.41) is 4.23. The molecule has 0 fully saturated rings. The van der Waals surface area contributed by atoms with Crippen LogP contribution in [0.5, 0.6) is 0 Å². The Bertz CT molecular complexity index is 1440. The van der Waals surface area contributed by atoms with Gasteiger partial charge in [0, 0.05) is 21.1 Å². The number of hydrogen-bond acceptors (Lipinski definition) is 6. The Kier molecular flexibility index (Phi) is 6.31. The van der Waals surface area contributed by atoms with Crippen molar-refractivity contribution in [3.05, 3.63) is 81.0 Å². The van der Waals surface area contributed by atoms with Gasteiger partial charge in [-0.25, -0.2) is 4.98 Å². The molecule has 2 aromatic carbocycles. The van der Waals surface area contributed by atoms with Gasteiger partial charge in [0.15, 0.2) is 5.16 Å². The van der Waals surface area contributed by atoms with Crippen molar-refractivity contribution in [2.75, 3.05) is 11.1 Å². The third kappa shape index (κ3) is 4.54. The molecule has 1 aliphatic heterocycles. The predicted octanol–water partition coefficient (Wildman–Crippen LogP) is 6.05. The Morgan fingerprint density at radius 1 is 1.15 bits per heavy atom. The quantitative estimate of drug-likeness (QED) is 0.263. The first-order valence-corrected chi connectivity index (χ1v) is 13.9. The number of nitrogens with one attached hydrogen (secondary N) is 1. The first kappa shape index (κ1) is 23.2. The third-order valence-corrected chi connectivity index (χ3v) is 9.45. The number of thiophene rings is 1. The van der Waals surface area contributed by atoms with E-state index in [-0.39, 0.29) is 22.0 Å². The first-order chi connectivity index (χ1) is 16.3. The highest BCUT2D eigenvalue weighted by Crippen LogP contribution is 2.44. The average molecular weight is 508 g/mol. The van der Waals surface area contributed by atoms with E-state index in [4.69, 9.17) is 4.98 Å². The zero-order valence-corrected chi connectivity index (χ0v) is 21.7. The molecule has 1 aliphatic rings. The topological polar surface area (TPSA) is 64.0 Å². The van der Waals surface area contributed by atoms with Crippen molar-refractivity contribution in [2.24, 2.45) is 0 Å². The summed E-state index contributed by atoms with van der Waals surface area (Å²) in [6.45, 7) is 6.42. The molecule has 4 aromatic rings. The summed E-state index contributed by atoms with van der Waals surface area (Å²) in [6.07, 6.45) is 0.851. The van der Waals surface area contributed by atoms with Crippen molar-refractivity contribution in [2.45, 2.75) is 42.8 Å². The van der Waals surface area contributed by atoms with E-state index in [2.05, 4.69) is 19.2 Å². The van der Waals surface area contributed by atoms with E-state index in [1.807, 2.05) is 73.3 Å². The summed E-state index contributed by atoms with van der Waals surface area (Å²) in [7, 11) is 0. The molecular weight excluding hydrogens is 483 g/mol. The highest BCUT2D eigenvalue weighted by Gasteiger charge is 2.31. The maximum atomic E-state index is 13.9. The van der Waals surface area contributed by atoms with Gasteiger partial charge in [0.1, 0.15) is 4.83 Å². The molecule has 34 heavy (non-hydrogen) atoms. The third-order valence-electron chi connectivity index (χ3n) is 5.84. The van der Waals surface area contributed by atoms with Gasteiger partial charge >= 0.3 is 0 Å². The van der Waals surface area contributed by atoms with Crippen LogP contribution in [0.2, 0.25) is 0 Å². The van der Waals surface area contributed by atoms with Crippen LogP contribution in [0.4, 0.5) is 5.69 Å². The Morgan fingerprint density at radius 3 is 2.65 bits per heavy atom. The van der Waals surface area contributed by atoms with Crippen LogP contribution in [0.15, 0.2) is 64.5 Å². The number of carbonyl (C=O) groups is 1. The van der Waals surface area contributed by atoms with Gasteiger partial charge in [-0.2, -0.15) is 0 Å². The molecule has 0 atom stereocenters. The molecule has 0 bridgehead atoms. The minimum absolute atomic E-state index is 0.0572. The molecule has 1 N–H and O–H groups in total. The van der Waals surface area contributed by atoms with Gasteiger partial charge in [0.05, 0.1) is 16.8 Å². The van der Waals surface area contributed by atoms with Crippen LogP contribution in [0.3, 0.4) is 0 Å². The number of aromatic nitrogens is 2. The molecule has 0 saturated heterocycles. The second kappa shape index (κ2) is 9.24. The maximum absolute atomic E-state index is 13.9. The molecule has 3 heterocycles. The number of anilines is 1. The number of rotatable bonds is 5. The number of para-hydroxylation sites is 2. The van der Waals surface area contributed by atoms with E-state index in [0.29, 0.717) is 5.16 Å². The van der Waals surface area contributed by atoms with Gasteiger partial charge in [0.2, 0.25) is 5.91 Å². The molecule has 0 aliphatic carbocycles. The summed E-state index contributed by atoms with van der Waals surface area (Å²) in [6, 6.07) is 17.3. The molecule has 8 heteroatoms. The van der Waals surface area contributed by atoms with Gasteiger partial charge in [-0.15, -0.1) is 23.1 Å². The van der Waals surface area contributed by atoms with Gasteiger partial charge in [-0.1, -0.05) is 62.0 Å². The van der Waals surface area contributed by atoms with Gasteiger partial charge in [-0.05, 0) is 42.7 Å². The fourth-order valence-electron chi connectivity index (χ4n) is 4.10. The first-order valence-electron chi connectivity index (χ1n) is 11.1. The number of amides is 1. The fourth-order valence-corrected chi connectivity index (χ4v) is 7.30. The highest BCUT2D eigenvalue weighted by molar-refractivity contribution is 8.00. The summed E-state index contributed by atoms with van der Waals surface area (Å²) in [4.78, 5) is 33.5. The monoisotopic (exact) mass is 507 g/mol. The zero-order valence-electron chi connectivity index (χ0n) is 19.3. The van der Waals surface area contributed by atoms with Gasteiger partial charge in [0.25, 0.3) is 5.56 Å². The van der Waals surface area contributed by atoms with Crippen LogP contribution in [0.1, 0.15) is 29.9 Å². The van der Waals surface area contributed by atoms with Crippen molar-refractivity contribution < 1.29 is 4.79 Å². The lowest BCUT2D eigenvalue weighted by Crippen LogP contribution is -2.26. The molecule has 5 nitrogen and oxygen atoms in total. The number of fused-ring (bicyclic) bond motifs is 3. The maximum Gasteiger partial charge on any atom is 0.267 e. The number of aryl methyl sites for hydroxylation is 1. The summed E-state index contributed by atoms with van der Waals surface area (Å²) >= 11 is 4.82. The largest absolute Gasteiger partial charge is 0.325 e. The number of benzene rings is 2. The molecule has 0 spiro atoms. The van der Waals surface area contributed by atoms with Crippen molar-refractivity contribution >= 4 is 56.7 Å². The van der Waals surface area contributed by atoms with E-state index >= 15 is 0 Å². The minimum atomic E-state index is -0.128. The SMILES string of the molecule is Cc1ccccc1NC(=O)CSc1nc2sc3c(c2c(=O)n1-c1ccccc1)CC(C)(C)SC3. The van der Waals surface area contributed by atoms with Crippen molar-refractivity contribution in [3.8, 4) is 5.69 Å². The second-order valence-corrected chi connectivity index (χ2v) is 12.6. The molecule has 0 unspecified atom stereocenters. The van der Waals surface area contributed by atoms with Crippen LogP contribution in [-0.4, -0.2) is 26.0 Å². The number of carbonyl (C=O) groups excluding carboxylic acids is 1. The van der Waals surface area contributed by atoms with E-state index in [1.54, 1.807) is 15.9 Å². The lowest BCUT2D eigenvalue weighted by atomic mass is 10.00. The lowest BCUT2D eigenvalue weighted by molar-refractivity contribution is -0.113. The molecule has 5 rings (SSSR count). The standard InChI is InChI=1S/C26H25N3O2S3/c1-16-9-7-8-12-19(16)27-21(30)15-32-25-28-23-22(18-13-26(2,3)33-14-20(18)34-23)24(31)29(25)17-10-5-4-6-11-17/h4-12H,13-15H2,1-3H3,(H,27,30). The predicted molar refractivity (Wildman–Crippen MR) is 145 cm³/mol. The number of hydrogen-bond donors (Lipinski definition) is 1. The smallest absolute Gasteiger partial charge is 0.267 e. The average Bonchev–Trinajstić information content (AvgIpc) is 3.16. The minimum Gasteiger partial charge on any atom is -0.325 e.